The molecule has 0 saturated heterocycles. The first-order valence-corrected chi connectivity index (χ1v) is 4.89. The molecule has 1 unspecified atom stereocenters. The highest BCUT2D eigenvalue weighted by atomic mass is 16.5. The summed E-state index contributed by atoms with van der Waals surface area (Å²) in [6, 6.07) is 0. The van der Waals surface area contributed by atoms with Crippen LogP contribution in [0.5, 0.6) is 0 Å². The molecule has 2 nitrogen and oxygen atoms in total. The molecule has 2 rings (SSSR count). The van der Waals surface area contributed by atoms with Crippen LogP contribution in [0.3, 0.4) is 0 Å². The predicted molar refractivity (Wildman–Crippen MR) is 46.6 cm³/mol. The molecule has 1 saturated carbocycles. The van der Waals surface area contributed by atoms with Gasteiger partial charge in [-0.2, -0.15) is 0 Å². The van der Waals surface area contributed by atoms with E-state index in [2.05, 4.69) is 0 Å². The Morgan fingerprint density at radius 3 is 2.75 bits per heavy atom. The Balaban J connectivity index is 1.93. The lowest BCUT2D eigenvalue weighted by atomic mass is 9.99. The third kappa shape index (κ3) is 1.48. The summed E-state index contributed by atoms with van der Waals surface area (Å²) in [5.41, 5.74) is 0. The van der Waals surface area contributed by atoms with E-state index in [9.17, 15) is 5.11 Å². The van der Waals surface area contributed by atoms with Gasteiger partial charge in [-0.05, 0) is 24.8 Å². The monoisotopic (exact) mass is 168 g/mol. The fraction of sp³-hybridized carbons (Fsp3) is 0.800. The molecule has 1 atom stereocenters. The van der Waals surface area contributed by atoms with Crippen LogP contribution < -0.4 is 0 Å². The van der Waals surface area contributed by atoms with E-state index in [1.165, 1.54) is 25.7 Å². The SMILES string of the molecule is OC(C1=CCCO1)C1CCCC1. The van der Waals surface area contributed by atoms with Crippen LogP contribution in [-0.2, 0) is 4.74 Å². The molecule has 1 heterocycles. The minimum Gasteiger partial charge on any atom is -0.495 e. The smallest absolute Gasteiger partial charge is 0.121 e. The number of hydrogen-bond acceptors (Lipinski definition) is 2. The van der Waals surface area contributed by atoms with Crippen molar-refractivity contribution in [3.05, 3.63) is 11.8 Å². The number of hydrogen-bond donors (Lipinski definition) is 1. The Morgan fingerprint density at radius 2 is 2.17 bits per heavy atom. The van der Waals surface area contributed by atoms with E-state index in [-0.39, 0.29) is 6.10 Å². The van der Waals surface area contributed by atoms with Crippen LogP contribution >= 0.6 is 0 Å². The van der Waals surface area contributed by atoms with Crippen molar-refractivity contribution in [2.45, 2.75) is 38.2 Å². The van der Waals surface area contributed by atoms with Crippen molar-refractivity contribution in [1.82, 2.24) is 0 Å². The van der Waals surface area contributed by atoms with Crippen LogP contribution in [0.1, 0.15) is 32.1 Å². The summed E-state index contributed by atoms with van der Waals surface area (Å²) >= 11 is 0. The van der Waals surface area contributed by atoms with Gasteiger partial charge in [0.05, 0.1) is 6.61 Å². The van der Waals surface area contributed by atoms with Gasteiger partial charge in [0.25, 0.3) is 0 Å². The number of rotatable bonds is 2. The van der Waals surface area contributed by atoms with Gasteiger partial charge in [-0.1, -0.05) is 12.8 Å². The molecule has 1 aliphatic heterocycles. The van der Waals surface area contributed by atoms with Gasteiger partial charge in [0.2, 0.25) is 0 Å². The summed E-state index contributed by atoms with van der Waals surface area (Å²) in [4.78, 5) is 0. The van der Waals surface area contributed by atoms with E-state index in [0.29, 0.717) is 5.92 Å². The fourth-order valence-corrected chi connectivity index (χ4v) is 2.15. The van der Waals surface area contributed by atoms with Crippen molar-refractivity contribution in [3.8, 4) is 0 Å². The maximum Gasteiger partial charge on any atom is 0.121 e. The van der Waals surface area contributed by atoms with E-state index in [4.69, 9.17) is 4.74 Å². The van der Waals surface area contributed by atoms with Crippen LogP contribution in [0.25, 0.3) is 0 Å². The molecule has 1 aliphatic carbocycles. The molecule has 1 fully saturated rings. The Labute approximate surface area is 73.2 Å². The Hall–Kier alpha value is -0.500. The third-order valence-electron chi connectivity index (χ3n) is 2.87. The van der Waals surface area contributed by atoms with Gasteiger partial charge in [-0.25, -0.2) is 0 Å². The molecule has 0 spiro atoms. The zero-order valence-electron chi connectivity index (χ0n) is 7.33. The highest BCUT2D eigenvalue weighted by Crippen LogP contribution is 2.32. The van der Waals surface area contributed by atoms with E-state index in [1.807, 2.05) is 6.08 Å². The lowest BCUT2D eigenvalue weighted by Gasteiger charge is -2.18. The molecular weight excluding hydrogens is 152 g/mol. The van der Waals surface area contributed by atoms with Crippen LogP contribution in [0.2, 0.25) is 0 Å². The molecule has 0 amide bonds. The van der Waals surface area contributed by atoms with Gasteiger partial charge < -0.3 is 9.84 Å². The van der Waals surface area contributed by atoms with Gasteiger partial charge in [0.1, 0.15) is 11.9 Å². The Morgan fingerprint density at radius 1 is 1.42 bits per heavy atom. The number of ether oxygens (including phenoxy) is 1. The van der Waals surface area contributed by atoms with Crippen molar-refractivity contribution in [3.63, 3.8) is 0 Å². The number of aliphatic hydroxyl groups is 1. The number of aliphatic hydroxyl groups excluding tert-OH is 1. The largest absolute Gasteiger partial charge is 0.495 e. The molecule has 0 aromatic rings. The topological polar surface area (TPSA) is 29.5 Å². The Bertz CT molecular complexity index is 180. The van der Waals surface area contributed by atoms with Crippen molar-refractivity contribution in [2.75, 3.05) is 6.61 Å². The molecule has 12 heavy (non-hydrogen) atoms. The standard InChI is InChI=1S/C10H16O2/c11-10(8-4-1-2-5-8)9-6-3-7-12-9/h6,8,10-11H,1-5,7H2. The second kappa shape index (κ2) is 3.48. The first-order valence-electron chi connectivity index (χ1n) is 4.89. The molecule has 2 aliphatic rings. The zero-order valence-corrected chi connectivity index (χ0v) is 7.33. The molecule has 0 radical (unpaired) electrons. The first-order chi connectivity index (χ1) is 5.88. The van der Waals surface area contributed by atoms with Gasteiger partial charge in [0.15, 0.2) is 0 Å². The van der Waals surface area contributed by atoms with Gasteiger partial charge >= 0.3 is 0 Å². The van der Waals surface area contributed by atoms with E-state index in [0.717, 1.165) is 18.8 Å². The fourth-order valence-electron chi connectivity index (χ4n) is 2.15. The highest BCUT2D eigenvalue weighted by molar-refractivity contribution is 5.06. The molecule has 1 N–H and O–H groups in total. The van der Waals surface area contributed by atoms with Gasteiger partial charge in [0, 0.05) is 6.42 Å². The normalized spacial score (nSPS) is 26.9. The maximum atomic E-state index is 9.86. The Kier molecular flexibility index (Phi) is 2.35. The highest BCUT2D eigenvalue weighted by Gasteiger charge is 2.28. The average Bonchev–Trinajstić information content (AvgIpc) is 2.77. The van der Waals surface area contributed by atoms with Crippen LogP contribution in [0.15, 0.2) is 11.8 Å². The lowest BCUT2D eigenvalue weighted by Crippen LogP contribution is -2.20. The van der Waals surface area contributed by atoms with Crippen LogP contribution in [0, 0.1) is 5.92 Å². The third-order valence-corrected chi connectivity index (χ3v) is 2.87. The quantitative estimate of drug-likeness (QED) is 0.681. The molecule has 0 bridgehead atoms. The predicted octanol–water partition coefficient (Wildman–Crippen LogP) is 1.84. The lowest BCUT2D eigenvalue weighted by molar-refractivity contribution is 0.0762. The summed E-state index contributed by atoms with van der Waals surface area (Å²) < 4.78 is 5.34. The minimum absolute atomic E-state index is 0.310. The molecular formula is C10H16O2. The van der Waals surface area contributed by atoms with E-state index < -0.39 is 0 Å². The van der Waals surface area contributed by atoms with Gasteiger partial charge in [-0.3, -0.25) is 0 Å². The second-order valence-corrected chi connectivity index (χ2v) is 3.73. The summed E-state index contributed by atoms with van der Waals surface area (Å²) in [5.74, 6) is 1.30. The van der Waals surface area contributed by atoms with Crippen molar-refractivity contribution < 1.29 is 9.84 Å². The molecule has 68 valence electrons. The molecule has 0 aromatic heterocycles. The van der Waals surface area contributed by atoms with Crippen LogP contribution in [0.4, 0.5) is 0 Å². The molecule has 2 heteroatoms. The van der Waals surface area contributed by atoms with Crippen molar-refractivity contribution in [1.29, 1.82) is 0 Å². The van der Waals surface area contributed by atoms with Crippen LogP contribution in [-0.4, -0.2) is 17.8 Å². The first kappa shape index (κ1) is 8.11. The van der Waals surface area contributed by atoms with Gasteiger partial charge in [-0.15, -0.1) is 0 Å². The summed E-state index contributed by atoms with van der Waals surface area (Å²) in [5, 5.41) is 9.86. The van der Waals surface area contributed by atoms with E-state index in [1.54, 1.807) is 0 Å². The maximum absolute atomic E-state index is 9.86. The van der Waals surface area contributed by atoms with Crippen molar-refractivity contribution >= 4 is 0 Å². The second-order valence-electron chi connectivity index (χ2n) is 3.73. The summed E-state index contributed by atoms with van der Waals surface area (Å²) in [6.45, 7) is 0.763. The summed E-state index contributed by atoms with van der Waals surface area (Å²) in [6.07, 6.45) is 7.57. The molecule has 0 aromatic carbocycles. The zero-order chi connectivity index (χ0) is 8.39. The van der Waals surface area contributed by atoms with Crippen molar-refractivity contribution in [2.24, 2.45) is 5.92 Å². The summed E-state index contributed by atoms with van der Waals surface area (Å²) in [7, 11) is 0. The average molecular weight is 168 g/mol. The minimum atomic E-state index is -0.310. The van der Waals surface area contributed by atoms with E-state index >= 15 is 0 Å².